The monoisotopic (exact) mass is 290 g/mol. The van der Waals surface area contributed by atoms with Gasteiger partial charge in [-0.2, -0.15) is 0 Å². The van der Waals surface area contributed by atoms with Crippen LogP contribution in [0.3, 0.4) is 0 Å². The molecule has 0 nitrogen and oxygen atoms in total. The van der Waals surface area contributed by atoms with E-state index in [9.17, 15) is 0 Å². The Morgan fingerprint density at radius 3 is 2.41 bits per heavy atom. The molecular weight excluding hydrogens is 264 g/mol. The van der Waals surface area contributed by atoms with Crippen LogP contribution in [0.2, 0.25) is 0 Å². The Balaban J connectivity index is 2.36. The molecule has 0 saturated heterocycles. The molecule has 0 amide bonds. The second kappa shape index (κ2) is 5.43. The van der Waals surface area contributed by atoms with E-state index in [0.717, 1.165) is 12.8 Å². The lowest BCUT2D eigenvalue weighted by atomic mass is 9.78. The van der Waals surface area contributed by atoms with Gasteiger partial charge in [0, 0.05) is 0 Å². The Morgan fingerprint density at radius 2 is 1.73 bits per heavy atom. The van der Waals surface area contributed by atoms with Gasteiger partial charge in [0.1, 0.15) is 0 Å². The molecule has 0 heteroatoms. The Kier molecular flexibility index (Phi) is 3.72. The van der Waals surface area contributed by atoms with E-state index in [1.165, 1.54) is 39.0 Å². The van der Waals surface area contributed by atoms with Gasteiger partial charge in [-0.15, -0.1) is 0 Å². The number of hydrogen-bond acceptors (Lipinski definition) is 0. The summed E-state index contributed by atoms with van der Waals surface area (Å²) in [6, 6.07) is 13.6. The minimum absolute atomic E-state index is 0.148. The first-order valence-electron chi connectivity index (χ1n) is 8.33. The van der Waals surface area contributed by atoms with E-state index in [1.807, 2.05) is 0 Å². The van der Waals surface area contributed by atoms with Crippen molar-refractivity contribution >= 4 is 6.08 Å². The molecule has 0 N–H and O–H groups in total. The molecule has 0 bridgehead atoms. The Hall–Kier alpha value is -1.82. The summed E-state index contributed by atoms with van der Waals surface area (Å²) in [6.45, 7) is 11.4. The maximum atomic E-state index is 2.40. The van der Waals surface area contributed by atoms with Gasteiger partial charge < -0.3 is 0 Å². The van der Waals surface area contributed by atoms with E-state index < -0.39 is 0 Å². The van der Waals surface area contributed by atoms with Gasteiger partial charge in [0.25, 0.3) is 0 Å². The summed E-state index contributed by atoms with van der Waals surface area (Å²) in [7, 11) is 0. The van der Waals surface area contributed by atoms with Crippen LogP contribution in [0, 0.1) is 0 Å². The van der Waals surface area contributed by atoms with Crippen LogP contribution in [0.5, 0.6) is 0 Å². The third-order valence-corrected chi connectivity index (χ3v) is 4.67. The van der Waals surface area contributed by atoms with Gasteiger partial charge in [-0.3, -0.25) is 0 Å². The van der Waals surface area contributed by atoms with Crippen LogP contribution >= 0.6 is 0 Å². The van der Waals surface area contributed by atoms with Gasteiger partial charge in [-0.05, 0) is 58.6 Å². The van der Waals surface area contributed by atoms with Crippen molar-refractivity contribution in [1.82, 2.24) is 0 Å². The average molecular weight is 290 g/mol. The summed E-state index contributed by atoms with van der Waals surface area (Å²) in [4.78, 5) is 0. The standard InChI is InChI=1S/C22H26/c1-6-16-9-7-8-10-18(16)21-19-14-15(2)13-17(19)11-12-20(21)22(3,4)5/h7-12,14H,6,13H2,1-5H3. The summed E-state index contributed by atoms with van der Waals surface area (Å²) >= 11 is 0. The highest BCUT2D eigenvalue weighted by molar-refractivity contribution is 5.85. The highest BCUT2D eigenvalue weighted by atomic mass is 14.3. The van der Waals surface area contributed by atoms with Crippen LogP contribution in [0.4, 0.5) is 0 Å². The number of rotatable bonds is 2. The summed E-state index contributed by atoms with van der Waals surface area (Å²) in [5.74, 6) is 0. The zero-order valence-electron chi connectivity index (χ0n) is 14.5. The number of hydrogen-bond donors (Lipinski definition) is 0. The number of benzene rings is 2. The number of aryl methyl sites for hydroxylation is 1. The molecule has 0 heterocycles. The minimum Gasteiger partial charge on any atom is -0.0683 e. The first kappa shape index (κ1) is 15.1. The second-order valence-electron chi connectivity index (χ2n) is 7.49. The van der Waals surface area contributed by atoms with Gasteiger partial charge in [0.15, 0.2) is 0 Å². The predicted molar refractivity (Wildman–Crippen MR) is 97.3 cm³/mol. The van der Waals surface area contributed by atoms with Crippen LogP contribution in [-0.4, -0.2) is 0 Å². The van der Waals surface area contributed by atoms with E-state index in [0.29, 0.717) is 0 Å². The van der Waals surface area contributed by atoms with Crippen LogP contribution in [0.1, 0.15) is 56.9 Å². The van der Waals surface area contributed by atoms with Crippen molar-refractivity contribution in [2.45, 2.75) is 52.9 Å². The quantitative estimate of drug-likeness (QED) is 0.620. The van der Waals surface area contributed by atoms with Crippen LogP contribution in [0.25, 0.3) is 17.2 Å². The van der Waals surface area contributed by atoms with Crippen LogP contribution < -0.4 is 0 Å². The molecule has 0 radical (unpaired) electrons. The highest BCUT2D eigenvalue weighted by Gasteiger charge is 2.25. The van der Waals surface area contributed by atoms with Gasteiger partial charge >= 0.3 is 0 Å². The van der Waals surface area contributed by atoms with Crippen molar-refractivity contribution in [3.63, 3.8) is 0 Å². The topological polar surface area (TPSA) is 0 Å². The van der Waals surface area contributed by atoms with Gasteiger partial charge in [0.2, 0.25) is 0 Å². The molecule has 114 valence electrons. The Labute approximate surface area is 134 Å². The normalized spacial score (nSPS) is 14.0. The van der Waals surface area contributed by atoms with E-state index in [2.05, 4.69) is 77.1 Å². The molecule has 2 aromatic rings. The fourth-order valence-electron chi connectivity index (χ4n) is 3.57. The fourth-order valence-corrected chi connectivity index (χ4v) is 3.57. The smallest absolute Gasteiger partial charge is 0.00604 e. The molecule has 2 aromatic carbocycles. The summed E-state index contributed by atoms with van der Waals surface area (Å²) in [6.07, 6.45) is 4.57. The first-order chi connectivity index (χ1) is 10.4. The molecule has 0 unspecified atom stereocenters. The Bertz CT molecular complexity index is 739. The molecule has 22 heavy (non-hydrogen) atoms. The van der Waals surface area contributed by atoms with Crippen molar-refractivity contribution < 1.29 is 0 Å². The van der Waals surface area contributed by atoms with Crippen LogP contribution in [0.15, 0.2) is 42.0 Å². The second-order valence-corrected chi connectivity index (χ2v) is 7.49. The lowest BCUT2D eigenvalue weighted by Crippen LogP contribution is -2.14. The molecule has 0 saturated carbocycles. The summed E-state index contributed by atoms with van der Waals surface area (Å²) in [5.41, 5.74) is 10.3. The van der Waals surface area contributed by atoms with E-state index in [-0.39, 0.29) is 5.41 Å². The van der Waals surface area contributed by atoms with Crippen molar-refractivity contribution in [3.05, 3.63) is 64.2 Å². The molecular formula is C22H26. The molecule has 0 spiro atoms. The summed E-state index contributed by atoms with van der Waals surface area (Å²) in [5, 5.41) is 0. The molecule has 1 aliphatic rings. The van der Waals surface area contributed by atoms with Gasteiger partial charge in [-0.1, -0.05) is 75.7 Å². The van der Waals surface area contributed by atoms with E-state index in [1.54, 1.807) is 0 Å². The lowest BCUT2D eigenvalue weighted by molar-refractivity contribution is 0.591. The maximum absolute atomic E-state index is 2.40. The summed E-state index contributed by atoms with van der Waals surface area (Å²) < 4.78 is 0. The van der Waals surface area contributed by atoms with Crippen molar-refractivity contribution in [1.29, 1.82) is 0 Å². The SMILES string of the molecule is CCc1ccccc1-c1c(C(C)(C)C)ccc2c1C=C(C)C2. The van der Waals surface area contributed by atoms with Gasteiger partial charge in [0.05, 0.1) is 0 Å². The molecule has 1 aliphatic carbocycles. The predicted octanol–water partition coefficient (Wildman–Crippen LogP) is 6.17. The molecule has 0 aromatic heterocycles. The first-order valence-corrected chi connectivity index (χ1v) is 8.33. The molecule has 0 atom stereocenters. The van der Waals surface area contributed by atoms with E-state index >= 15 is 0 Å². The zero-order chi connectivity index (χ0) is 15.9. The number of fused-ring (bicyclic) bond motifs is 1. The third kappa shape index (κ3) is 2.52. The Morgan fingerprint density at radius 1 is 1.00 bits per heavy atom. The molecule has 3 rings (SSSR count). The van der Waals surface area contributed by atoms with Crippen molar-refractivity contribution in [2.75, 3.05) is 0 Å². The third-order valence-electron chi connectivity index (χ3n) is 4.67. The maximum Gasteiger partial charge on any atom is -0.00604 e. The minimum atomic E-state index is 0.148. The van der Waals surface area contributed by atoms with Gasteiger partial charge in [-0.25, -0.2) is 0 Å². The van der Waals surface area contributed by atoms with E-state index in [4.69, 9.17) is 0 Å². The molecule has 0 aliphatic heterocycles. The lowest BCUT2D eigenvalue weighted by Gasteiger charge is -2.26. The average Bonchev–Trinajstić information content (AvgIpc) is 2.85. The van der Waals surface area contributed by atoms with Crippen molar-refractivity contribution in [2.24, 2.45) is 0 Å². The highest BCUT2D eigenvalue weighted by Crippen LogP contribution is 2.42. The number of allylic oxidation sites excluding steroid dienone is 1. The fraction of sp³-hybridized carbons (Fsp3) is 0.364. The van der Waals surface area contributed by atoms with Crippen LogP contribution in [-0.2, 0) is 18.3 Å². The van der Waals surface area contributed by atoms with Crippen molar-refractivity contribution in [3.8, 4) is 11.1 Å². The largest absolute Gasteiger partial charge is 0.0683 e. The molecule has 0 fully saturated rings. The zero-order valence-corrected chi connectivity index (χ0v) is 14.5.